The zero-order chi connectivity index (χ0) is 26.8. The Morgan fingerprint density at radius 1 is 0.943 bits per heavy atom. The Bertz CT molecular complexity index is 814. The van der Waals surface area contributed by atoms with Gasteiger partial charge in [0.1, 0.15) is 17.7 Å². The van der Waals surface area contributed by atoms with Gasteiger partial charge in [-0.3, -0.25) is 9.59 Å². The van der Waals surface area contributed by atoms with Crippen molar-refractivity contribution in [1.29, 1.82) is 0 Å². The van der Waals surface area contributed by atoms with Crippen molar-refractivity contribution in [3.8, 4) is 0 Å². The summed E-state index contributed by atoms with van der Waals surface area (Å²) in [6, 6.07) is 6.22. The van der Waals surface area contributed by atoms with Crippen LogP contribution in [0.5, 0.6) is 0 Å². The molecule has 35 heavy (non-hydrogen) atoms. The molecule has 0 spiro atoms. The number of nitrogens with zero attached hydrogens (tertiary/aromatic N) is 1. The number of hydrogen-bond acceptors (Lipinski definition) is 4. The first-order chi connectivity index (χ1) is 16.3. The fourth-order valence-electron chi connectivity index (χ4n) is 3.97. The van der Waals surface area contributed by atoms with E-state index in [1.54, 1.807) is 25.7 Å². The van der Waals surface area contributed by atoms with Crippen LogP contribution < -0.4 is 10.6 Å². The van der Waals surface area contributed by atoms with E-state index < -0.39 is 23.8 Å². The molecule has 0 aliphatic carbocycles. The molecule has 1 aromatic carbocycles. The highest BCUT2D eigenvalue weighted by Gasteiger charge is 2.37. The summed E-state index contributed by atoms with van der Waals surface area (Å²) in [5, 5.41) is 5.85. The highest BCUT2D eigenvalue weighted by Crippen LogP contribution is 2.25. The van der Waals surface area contributed by atoms with Crippen LogP contribution in [-0.2, 0) is 20.7 Å². The SMILES string of the molecule is CCCC(C)NC(=O)C(c1ccc(CC)cc1)N(CCC)C(=O)C(NC(=O)OC(C)(C)C)C(C)C. The molecule has 3 amide bonds. The number of hydrogen-bond donors (Lipinski definition) is 2. The predicted molar refractivity (Wildman–Crippen MR) is 141 cm³/mol. The van der Waals surface area contributed by atoms with E-state index in [0.717, 1.165) is 30.4 Å². The van der Waals surface area contributed by atoms with Crippen molar-refractivity contribution in [3.05, 3.63) is 35.4 Å². The van der Waals surface area contributed by atoms with Gasteiger partial charge in [0.05, 0.1) is 0 Å². The molecule has 0 aromatic heterocycles. The van der Waals surface area contributed by atoms with Gasteiger partial charge in [-0.05, 0) is 64.0 Å². The smallest absolute Gasteiger partial charge is 0.408 e. The first-order valence-corrected chi connectivity index (χ1v) is 13.0. The molecule has 0 bridgehead atoms. The summed E-state index contributed by atoms with van der Waals surface area (Å²) in [6.45, 7) is 17.6. The van der Waals surface area contributed by atoms with E-state index in [0.29, 0.717) is 13.0 Å². The van der Waals surface area contributed by atoms with E-state index in [-0.39, 0.29) is 23.8 Å². The van der Waals surface area contributed by atoms with Crippen molar-refractivity contribution >= 4 is 17.9 Å². The molecule has 0 heterocycles. The molecule has 1 aromatic rings. The number of amides is 3. The lowest BCUT2D eigenvalue weighted by molar-refractivity contribution is -0.143. The summed E-state index contributed by atoms with van der Waals surface area (Å²) in [5.41, 5.74) is 1.23. The minimum absolute atomic E-state index is 0.00993. The highest BCUT2D eigenvalue weighted by atomic mass is 16.6. The van der Waals surface area contributed by atoms with E-state index in [4.69, 9.17) is 4.74 Å². The van der Waals surface area contributed by atoms with E-state index in [1.807, 2.05) is 52.0 Å². The van der Waals surface area contributed by atoms with Crippen LogP contribution in [0.1, 0.15) is 98.7 Å². The largest absolute Gasteiger partial charge is 0.444 e. The Morgan fingerprint density at radius 3 is 2.00 bits per heavy atom. The number of ether oxygens (including phenoxy) is 1. The van der Waals surface area contributed by atoms with Gasteiger partial charge in [-0.2, -0.15) is 0 Å². The number of nitrogens with one attached hydrogen (secondary N) is 2. The van der Waals surface area contributed by atoms with Crippen LogP contribution in [0.2, 0.25) is 0 Å². The van der Waals surface area contributed by atoms with Gasteiger partial charge < -0.3 is 20.3 Å². The molecule has 1 rings (SSSR count). The monoisotopic (exact) mass is 489 g/mol. The third-order valence-electron chi connectivity index (χ3n) is 5.73. The summed E-state index contributed by atoms with van der Waals surface area (Å²) in [6.07, 6.45) is 2.71. The minimum Gasteiger partial charge on any atom is -0.444 e. The van der Waals surface area contributed by atoms with Gasteiger partial charge in [-0.25, -0.2) is 4.79 Å². The predicted octanol–water partition coefficient (Wildman–Crippen LogP) is 5.38. The summed E-state index contributed by atoms with van der Waals surface area (Å²) in [4.78, 5) is 41.6. The first-order valence-electron chi connectivity index (χ1n) is 13.0. The second-order valence-electron chi connectivity index (χ2n) is 10.6. The molecule has 7 heteroatoms. The maximum Gasteiger partial charge on any atom is 0.408 e. The molecule has 0 fully saturated rings. The summed E-state index contributed by atoms with van der Waals surface area (Å²) >= 11 is 0. The second-order valence-corrected chi connectivity index (χ2v) is 10.6. The molecule has 3 atom stereocenters. The van der Waals surface area contributed by atoms with Gasteiger partial charge in [0.2, 0.25) is 11.8 Å². The molecular formula is C28H47N3O4. The number of benzene rings is 1. The molecule has 0 saturated carbocycles. The third kappa shape index (κ3) is 9.90. The molecule has 0 saturated heterocycles. The van der Waals surface area contributed by atoms with Crippen molar-refractivity contribution in [1.82, 2.24) is 15.5 Å². The molecule has 0 radical (unpaired) electrons. The van der Waals surface area contributed by atoms with Crippen molar-refractivity contribution in [2.75, 3.05) is 6.54 Å². The first kappa shape index (κ1) is 30.5. The van der Waals surface area contributed by atoms with E-state index in [2.05, 4.69) is 24.5 Å². The molecule has 3 unspecified atom stereocenters. The fraction of sp³-hybridized carbons (Fsp3) is 0.679. The van der Waals surface area contributed by atoms with Crippen molar-refractivity contribution in [2.24, 2.45) is 5.92 Å². The van der Waals surface area contributed by atoms with Crippen LogP contribution in [-0.4, -0.2) is 47.0 Å². The lowest BCUT2D eigenvalue weighted by atomic mass is 9.97. The molecule has 198 valence electrons. The van der Waals surface area contributed by atoms with Crippen LogP contribution in [0.3, 0.4) is 0 Å². The average Bonchev–Trinajstić information content (AvgIpc) is 2.75. The molecule has 0 aliphatic rings. The Balaban J connectivity index is 3.41. The summed E-state index contributed by atoms with van der Waals surface area (Å²) in [5.74, 6) is -0.702. The highest BCUT2D eigenvalue weighted by molar-refractivity contribution is 5.92. The minimum atomic E-state index is -0.824. The van der Waals surface area contributed by atoms with Gasteiger partial charge in [-0.1, -0.05) is 65.3 Å². The van der Waals surface area contributed by atoms with Crippen molar-refractivity contribution < 1.29 is 19.1 Å². The Morgan fingerprint density at radius 2 is 1.54 bits per heavy atom. The van der Waals surface area contributed by atoms with E-state index in [9.17, 15) is 14.4 Å². The second kappa shape index (κ2) is 14.1. The normalized spacial score (nSPS) is 14.1. The maximum absolute atomic E-state index is 13.9. The average molecular weight is 490 g/mol. The lowest BCUT2D eigenvalue weighted by Crippen LogP contribution is -2.55. The van der Waals surface area contributed by atoms with E-state index in [1.165, 1.54) is 0 Å². The number of carbonyl (C=O) groups is 3. The molecule has 7 nitrogen and oxygen atoms in total. The number of rotatable bonds is 12. The number of aryl methyl sites for hydroxylation is 1. The fourth-order valence-corrected chi connectivity index (χ4v) is 3.97. The topological polar surface area (TPSA) is 87.7 Å². The van der Waals surface area contributed by atoms with Crippen LogP contribution in [0.25, 0.3) is 0 Å². The van der Waals surface area contributed by atoms with Crippen LogP contribution in [0, 0.1) is 5.92 Å². The van der Waals surface area contributed by atoms with Crippen LogP contribution >= 0.6 is 0 Å². The maximum atomic E-state index is 13.9. The van der Waals surface area contributed by atoms with Crippen LogP contribution in [0.4, 0.5) is 4.79 Å². The Labute approximate surface area is 212 Å². The van der Waals surface area contributed by atoms with Gasteiger partial charge in [0.15, 0.2) is 0 Å². The lowest BCUT2D eigenvalue weighted by Gasteiger charge is -2.36. The van der Waals surface area contributed by atoms with Gasteiger partial charge >= 0.3 is 6.09 Å². The van der Waals surface area contributed by atoms with Crippen molar-refractivity contribution in [3.63, 3.8) is 0 Å². The van der Waals surface area contributed by atoms with E-state index >= 15 is 0 Å². The molecule has 0 aliphatic heterocycles. The number of carbonyl (C=O) groups excluding carboxylic acids is 3. The number of alkyl carbamates (subject to hydrolysis) is 1. The van der Waals surface area contributed by atoms with Crippen LogP contribution in [0.15, 0.2) is 24.3 Å². The quantitative estimate of drug-likeness (QED) is 0.412. The summed E-state index contributed by atoms with van der Waals surface area (Å²) in [7, 11) is 0. The van der Waals surface area contributed by atoms with Gasteiger partial charge in [0.25, 0.3) is 0 Å². The van der Waals surface area contributed by atoms with Gasteiger partial charge in [0, 0.05) is 12.6 Å². The summed E-state index contributed by atoms with van der Waals surface area (Å²) < 4.78 is 5.41. The van der Waals surface area contributed by atoms with Crippen molar-refractivity contribution in [2.45, 2.75) is 112 Å². The Hall–Kier alpha value is -2.57. The molecule has 2 N–H and O–H groups in total. The molecular weight excluding hydrogens is 442 g/mol. The standard InChI is InChI=1S/C28H47N3O4/c1-10-13-20(6)29-25(32)24(22-16-14-21(12-3)15-17-22)31(18-11-2)26(33)23(19(4)5)30-27(34)35-28(7,8)9/h14-17,19-20,23-24H,10-13,18H2,1-9H3,(H,29,32)(H,30,34). The van der Waals surface area contributed by atoms with Gasteiger partial charge in [-0.15, -0.1) is 0 Å². The Kier molecular flexibility index (Phi) is 12.3. The zero-order valence-corrected chi connectivity index (χ0v) is 23.2. The third-order valence-corrected chi connectivity index (χ3v) is 5.73. The zero-order valence-electron chi connectivity index (χ0n) is 23.2.